The number of aromatic nitrogens is 1. The Kier molecular flexibility index (Phi) is 8.64. The molecule has 0 atom stereocenters. The third kappa shape index (κ3) is 7.08. The van der Waals surface area contributed by atoms with Crippen LogP contribution in [0.1, 0.15) is 18.9 Å². The van der Waals surface area contributed by atoms with Crippen molar-refractivity contribution in [1.29, 1.82) is 0 Å². The summed E-state index contributed by atoms with van der Waals surface area (Å²) in [6.45, 7) is 4.32. The molecule has 0 saturated carbocycles. The fourth-order valence-corrected chi connectivity index (χ4v) is 6.28. The Bertz CT molecular complexity index is 2110. The van der Waals surface area contributed by atoms with Crippen LogP contribution >= 0.6 is 11.3 Å². The normalized spacial score (nSPS) is 13.0. The Morgan fingerprint density at radius 2 is 1.19 bits per heavy atom. The molecule has 0 saturated heterocycles. The Labute approximate surface area is 271 Å². The number of rotatable bonds is 7. The van der Waals surface area contributed by atoms with Gasteiger partial charge >= 0.3 is 12.4 Å². The van der Waals surface area contributed by atoms with Crippen LogP contribution in [0.5, 0.6) is 0 Å². The standard InChI is InChI=1S/C39H27F6NS/c1-3-34(39(43,44)45)23-33(20-24(2)38(40,41)42)27-10-8-25(9-11-27)29-16-18-32-22-30(17-19-31(32)21-29)26-12-14-28(15-13-26)37-46-35-6-4-5-7-36(35)47-37/h4-23H,2-3H2,1H3/b33-20+,34-23+. The number of para-hydroxylation sites is 1. The zero-order valence-electron chi connectivity index (χ0n) is 25.1. The molecule has 6 aromatic rings. The first kappa shape index (κ1) is 32.0. The second-order valence-electron chi connectivity index (χ2n) is 11.1. The van der Waals surface area contributed by atoms with Gasteiger partial charge in [-0.05, 0) is 87.0 Å². The van der Waals surface area contributed by atoms with Gasteiger partial charge in [-0.3, -0.25) is 0 Å². The molecule has 0 radical (unpaired) electrons. The smallest absolute Gasteiger partial charge is 0.236 e. The molecule has 0 aliphatic carbocycles. The molecule has 1 nitrogen and oxygen atoms in total. The van der Waals surface area contributed by atoms with Crippen molar-refractivity contribution in [2.24, 2.45) is 0 Å². The summed E-state index contributed by atoms with van der Waals surface area (Å²) in [5.41, 5.74) is 3.64. The number of hydrogen-bond donors (Lipinski definition) is 0. The Morgan fingerprint density at radius 1 is 0.660 bits per heavy atom. The van der Waals surface area contributed by atoms with Crippen molar-refractivity contribution >= 4 is 37.9 Å². The van der Waals surface area contributed by atoms with E-state index in [1.807, 2.05) is 48.5 Å². The molecule has 5 aromatic carbocycles. The number of hydrogen-bond acceptors (Lipinski definition) is 2. The Balaban J connectivity index is 1.25. The molecule has 0 aliphatic heterocycles. The summed E-state index contributed by atoms with van der Waals surface area (Å²) < 4.78 is 81.3. The summed E-state index contributed by atoms with van der Waals surface area (Å²) in [5, 5.41) is 2.99. The highest BCUT2D eigenvalue weighted by molar-refractivity contribution is 7.21. The maximum Gasteiger partial charge on any atom is 0.415 e. The van der Waals surface area contributed by atoms with Crippen LogP contribution in [0.15, 0.2) is 139 Å². The largest absolute Gasteiger partial charge is 0.415 e. The number of nitrogens with zero attached hydrogens (tertiary/aromatic N) is 1. The maximum atomic E-state index is 13.5. The zero-order chi connectivity index (χ0) is 33.3. The van der Waals surface area contributed by atoms with Crippen molar-refractivity contribution < 1.29 is 26.3 Å². The van der Waals surface area contributed by atoms with Crippen molar-refractivity contribution in [3.05, 3.63) is 145 Å². The van der Waals surface area contributed by atoms with E-state index in [1.165, 1.54) is 19.1 Å². The van der Waals surface area contributed by atoms with E-state index in [0.29, 0.717) is 6.08 Å². The van der Waals surface area contributed by atoms with Crippen molar-refractivity contribution in [1.82, 2.24) is 4.98 Å². The predicted molar refractivity (Wildman–Crippen MR) is 181 cm³/mol. The molecule has 236 valence electrons. The molecule has 1 aromatic heterocycles. The summed E-state index contributed by atoms with van der Waals surface area (Å²) >= 11 is 1.66. The molecule has 0 N–H and O–H groups in total. The third-order valence-electron chi connectivity index (χ3n) is 7.92. The SMILES string of the molecule is C=C(/C=C(\C=C(/CC)C(F)(F)F)c1ccc(-c2ccc3cc(-c4ccc(-c5nc6ccccc6s5)cc4)ccc3c2)cc1)C(F)(F)F. The third-order valence-corrected chi connectivity index (χ3v) is 9.00. The molecule has 0 amide bonds. The van der Waals surface area contributed by atoms with Crippen LogP contribution in [0.25, 0.3) is 59.4 Å². The summed E-state index contributed by atoms with van der Waals surface area (Å²) in [4.78, 5) is 4.74. The van der Waals surface area contributed by atoms with Crippen molar-refractivity contribution in [3.8, 4) is 32.8 Å². The maximum absolute atomic E-state index is 13.5. The van der Waals surface area contributed by atoms with Gasteiger partial charge in [0.1, 0.15) is 5.01 Å². The van der Waals surface area contributed by atoms with Gasteiger partial charge < -0.3 is 0 Å². The highest BCUT2D eigenvalue weighted by atomic mass is 32.1. The second kappa shape index (κ2) is 12.7. The van der Waals surface area contributed by atoms with Crippen LogP contribution in [0, 0.1) is 0 Å². The van der Waals surface area contributed by atoms with E-state index in [4.69, 9.17) is 4.98 Å². The minimum absolute atomic E-state index is 0.216. The highest BCUT2D eigenvalue weighted by Crippen LogP contribution is 2.36. The lowest BCUT2D eigenvalue weighted by Crippen LogP contribution is -2.12. The topological polar surface area (TPSA) is 12.9 Å². The van der Waals surface area contributed by atoms with Gasteiger partial charge in [0, 0.05) is 16.7 Å². The van der Waals surface area contributed by atoms with Gasteiger partial charge in [-0.2, -0.15) is 26.3 Å². The van der Waals surface area contributed by atoms with Gasteiger partial charge in [-0.15, -0.1) is 11.3 Å². The zero-order valence-corrected chi connectivity index (χ0v) is 25.9. The number of benzene rings is 5. The van der Waals surface area contributed by atoms with Gasteiger partial charge in [0.15, 0.2) is 0 Å². The molecule has 0 aliphatic rings. The van der Waals surface area contributed by atoms with Crippen LogP contribution in [-0.2, 0) is 0 Å². The van der Waals surface area contributed by atoms with Crippen LogP contribution in [0.2, 0.25) is 0 Å². The minimum Gasteiger partial charge on any atom is -0.236 e. The van der Waals surface area contributed by atoms with E-state index in [1.54, 1.807) is 23.5 Å². The lowest BCUT2D eigenvalue weighted by Gasteiger charge is -2.14. The first-order chi connectivity index (χ1) is 22.4. The average molecular weight is 656 g/mol. The Hall–Kier alpha value is -4.95. The Morgan fingerprint density at radius 3 is 1.72 bits per heavy atom. The van der Waals surface area contributed by atoms with E-state index >= 15 is 0 Å². The summed E-state index contributed by atoms with van der Waals surface area (Å²) in [7, 11) is 0. The van der Waals surface area contributed by atoms with Crippen molar-refractivity contribution in [2.45, 2.75) is 25.7 Å². The number of halogens is 6. The van der Waals surface area contributed by atoms with E-state index < -0.39 is 23.5 Å². The first-order valence-electron chi connectivity index (χ1n) is 14.8. The number of thiazole rings is 1. The second-order valence-corrected chi connectivity index (χ2v) is 12.1. The van der Waals surface area contributed by atoms with Gasteiger partial charge in [0.05, 0.1) is 10.2 Å². The van der Waals surface area contributed by atoms with Crippen molar-refractivity contribution in [2.75, 3.05) is 0 Å². The summed E-state index contributed by atoms with van der Waals surface area (Å²) in [5.74, 6) is 0. The quantitative estimate of drug-likeness (QED) is 0.123. The lowest BCUT2D eigenvalue weighted by molar-refractivity contribution is -0.0935. The molecular formula is C39H27F6NS. The number of allylic oxidation sites excluding steroid dienone is 5. The van der Waals surface area contributed by atoms with Crippen molar-refractivity contribution in [3.63, 3.8) is 0 Å². The average Bonchev–Trinajstić information content (AvgIpc) is 3.50. The molecule has 6 rings (SSSR count). The molecule has 47 heavy (non-hydrogen) atoms. The lowest BCUT2D eigenvalue weighted by atomic mass is 9.95. The highest BCUT2D eigenvalue weighted by Gasteiger charge is 2.33. The molecule has 0 bridgehead atoms. The van der Waals surface area contributed by atoms with Gasteiger partial charge in [-0.25, -0.2) is 4.98 Å². The molecule has 1 heterocycles. The fraction of sp³-hybridized carbons (Fsp3) is 0.103. The first-order valence-corrected chi connectivity index (χ1v) is 15.6. The van der Waals surface area contributed by atoms with Gasteiger partial charge in [0.25, 0.3) is 0 Å². The molecule has 8 heteroatoms. The fourth-order valence-electron chi connectivity index (χ4n) is 5.31. The van der Waals surface area contributed by atoms with Crippen LogP contribution in [-0.4, -0.2) is 17.3 Å². The van der Waals surface area contributed by atoms with E-state index in [-0.39, 0.29) is 17.6 Å². The molecule has 0 fully saturated rings. The summed E-state index contributed by atoms with van der Waals surface area (Å²) in [6, 6.07) is 34.9. The predicted octanol–water partition coefficient (Wildman–Crippen LogP) is 12.9. The van der Waals surface area contributed by atoms with E-state index in [9.17, 15) is 26.3 Å². The monoisotopic (exact) mass is 655 g/mol. The minimum atomic E-state index is -4.77. The van der Waals surface area contributed by atoms with Gasteiger partial charge in [-0.1, -0.05) is 98.4 Å². The summed E-state index contributed by atoms with van der Waals surface area (Å²) in [6.07, 6.45) is -8.41. The molecule has 0 spiro atoms. The van der Waals surface area contributed by atoms with E-state index in [2.05, 4.69) is 43.0 Å². The van der Waals surface area contributed by atoms with Crippen LogP contribution < -0.4 is 0 Å². The van der Waals surface area contributed by atoms with Gasteiger partial charge in [0.2, 0.25) is 0 Å². The van der Waals surface area contributed by atoms with Crippen LogP contribution in [0.3, 0.4) is 0 Å². The number of alkyl halides is 6. The molecular weight excluding hydrogens is 628 g/mol. The molecule has 0 unspecified atom stereocenters. The van der Waals surface area contributed by atoms with Crippen LogP contribution in [0.4, 0.5) is 26.3 Å². The van der Waals surface area contributed by atoms with E-state index in [0.717, 1.165) is 59.9 Å². The number of fused-ring (bicyclic) bond motifs is 2.